The Bertz CT molecular complexity index is 195. The van der Waals surface area contributed by atoms with Crippen LogP contribution in [0.4, 0.5) is 0 Å². The average molecular weight is 219 g/mol. The van der Waals surface area contributed by atoms with E-state index >= 15 is 0 Å². The zero-order chi connectivity index (χ0) is 11.0. The summed E-state index contributed by atoms with van der Waals surface area (Å²) >= 11 is 5.51. The van der Waals surface area contributed by atoms with Gasteiger partial charge in [0.05, 0.1) is 6.54 Å². The SMILES string of the molecule is C=C(Cl)CNC(=O)CCC(C)CCN. The number of nitrogens with two attached hydrogens (primary N) is 1. The number of amides is 1. The number of carbonyl (C=O) groups is 1. The summed E-state index contributed by atoms with van der Waals surface area (Å²) in [7, 11) is 0. The van der Waals surface area contributed by atoms with Gasteiger partial charge in [0.2, 0.25) is 5.91 Å². The largest absolute Gasteiger partial charge is 0.351 e. The Balaban J connectivity index is 3.48. The first-order chi connectivity index (χ1) is 6.56. The van der Waals surface area contributed by atoms with Crippen LogP contribution in [0.3, 0.4) is 0 Å². The predicted molar refractivity (Wildman–Crippen MR) is 60.1 cm³/mol. The summed E-state index contributed by atoms with van der Waals surface area (Å²) in [4.78, 5) is 11.2. The quantitative estimate of drug-likeness (QED) is 0.683. The molecule has 0 saturated heterocycles. The van der Waals surface area contributed by atoms with Gasteiger partial charge in [-0.15, -0.1) is 0 Å². The Morgan fingerprint density at radius 2 is 2.21 bits per heavy atom. The van der Waals surface area contributed by atoms with Crippen molar-refractivity contribution in [3.63, 3.8) is 0 Å². The minimum Gasteiger partial charge on any atom is -0.351 e. The molecule has 0 aliphatic rings. The Labute approximate surface area is 90.7 Å². The lowest BCUT2D eigenvalue weighted by Gasteiger charge is -2.09. The van der Waals surface area contributed by atoms with Crippen LogP contribution in [0, 0.1) is 5.92 Å². The first kappa shape index (κ1) is 13.5. The molecule has 3 nitrogen and oxygen atoms in total. The second-order valence-electron chi connectivity index (χ2n) is 3.52. The molecule has 0 fully saturated rings. The zero-order valence-corrected chi connectivity index (χ0v) is 9.44. The summed E-state index contributed by atoms with van der Waals surface area (Å²) in [6, 6.07) is 0. The lowest BCUT2D eigenvalue weighted by molar-refractivity contribution is -0.121. The molecule has 0 aliphatic carbocycles. The van der Waals surface area contributed by atoms with Crippen LogP contribution in [0.1, 0.15) is 26.2 Å². The van der Waals surface area contributed by atoms with Crippen molar-refractivity contribution in [3.8, 4) is 0 Å². The van der Waals surface area contributed by atoms with Gasteiger partial charge in [0.1, 0.15) is 0 Å². The summed E-state index contributed by atoms with van der Waals surface area (Å²) in [5.41, 5.74) is 5.40. The van der Waals surface area contributed by atoms with Crippen LogP contribution in [0.2, 0.25) is 0 Å². The van der Waals surface area contributed by atoms with Crippen molar-refractivity contribution in [2.45, 2.75) is 26.2 Å². The van der Waals surface area contributed by atoms with Crippen LogP contribution in [-0.2, 0) is 4.79 Å². The van der Waals surface area contributed by atoms with Crippen LogP contribution in [0.15, 0.2) is 11.6 Å². The molecule has 0 heterocycles. The van der Waals surface area contributed by atoms with E-state index in [0.717, 1.165) is 12.8 Å². The molecule has 0 spiro atoms. The average Bonchev–Trinajstić information content (AvgIpc) is 2.12. The summed E-state index contributed by atoms with van der Waals surface area (Å²) in [5, 5.41) is 3.13. The number of rotatable bonds is 7. The van der Waals surface area contributed by atoms with Crippen molar-refractivity contribution >= 4 is 17.5 Å². The van der Waals surface area contributed by atoms with Crippen LogP contribution in [0.25, 0.3) is 0 Å². The normalized spacial score (nSPS) is 12.2. The molecule has 82 valence electrons. The van der Waals surface area contributed by atoms with E-state index < -0.39 is 0 Å². The maximum Gasteiger partial charge on any atom is 0.220 e. The maximum absolute atomic E-state index is 11.2. The molecular formula is C10H19ClN2O. The van der Waals surface area contributed by atoms with E-state index in [-0.39, 0.29) is 5.91 Å². The standard InChI is InChI=1S/C10H19ClN2O/c1-8(5-6-12)3-4-10(14)13-7-9(2)11/h8H,2-7,12H2,1H3,(H,13,14). The first-order valence-electron chi connectivity index (χ1n) is 4.86. The van der Waals surface area contributed by atoms with Crippen molar-refractivity contribution in [1.29, 1.82) is 0 Å². The summed E-state index contributed by atoms with van der Waals surface area (Å²) in [6.45, 7) is 6.62. The van der Waals surface area contributed by atoms with Crippen LogP contribution in [0.5, 0.6) is 0 Å². The van der Waals surface area contributed by atoms with Crippen molar-refractivity contribution < 1.29 is 4.79 Å². The van der Waals surface area contributed by atoms with Gasteiger partial charge in [-0.1, -0.05) is 25.1 Å². The summed E-state index contributed by atoms with van der Waals surface area (Å²) in [6.07, 6.45) is 2.37. The van der Waals surface area contributed by atoms with E-state index in [1.807, 2.05) is 0 Å². The van der Waals surface area contributed by atoms with Crippen molar-refractivity contribution in [2.24, 2.45) is 11.7 Å². The van der Waals surface area contributed by atoms with Gasteiger partial charge in [0, 0.05) is 11.5 Å². The molecule has 0 bridgehead atoms. The minimum atomic E-state index is 0.0238. The molecule has 0 aromatic heterocycles. The highest BCUT2D eigenvalue weighted by Gasteiger charge is 2.05. The Kier molecular flexibility index (Phi) is 7.52. The number of nitrogens with one attached hydrogen (secondary N) is 1. The Morgan fingerprint density at radius 1 is 1.57 bits per heavy atom. The molecule has 1 unspecified atom stereocenters. The van der Waals surface area contributed by atoms with Crippen LogP contribution < -0.4 is 11.1 Å². The fraction of sp³-hybridized carbons (Fsp3) is 0.700. The van der Waals surface area contributed by atoms with Gasteiger partial charge in [0.15, 0.2) is 0 Å². The second kappa shape index (κ2) is 7.83. The summed E-state index contributed by atoms with van der Waals surface area (Å²) < 4.78 is 0. The summed E-state index contributed by atoms with van der Waals surface area (Å²) in [5.74, 6) is 0.528. The van der Waals surface area contributed by atoms with E-state index in [1.54, 1.807) is 0 Å². The molecule has 0 saturated carbocycles. The molecule has 0 aromatic rings. The third-order valence-corrected chi connectivity index (χ3v) is 2.13. The van der Waals surface area contributed by atoms with Gasteiger partial charge >= 0.3 is 0 Å². The van der Waals surface area contributed by atoms with Crippen LogP contribution in [-0.4, -0.2) is 19.0 Å². The van der Waals surface area contributed by atoms with Gasteiger partial charge in [-0.05, 0) is 25.3 Å². The monoisotopic (exact) mass is 218 g/mol. The van der Waals surface area contributed by atoms with Crippen molar-refractivity contribution in [1.82, 2.24) is 5.32 Å². The number of halogens is 1. The van der Waals surface area contributed by atoms with E-state index in [9.17, 15) is 4.79 Å². The molecule has 1 atom stereocenters. The smallest absolute Gasteiger partial charge is 0.220 e. The fourth-order valence-corrected chi connectivity index (χ4v) is 1.16. The number of hydrogen-bond acceptors (Lipinski definition) is 2. The molecular weight excluding hydrogens is 200 g/mol. The predicted octanol–water partition coefficient (Wildman–Crippen LogP) is 1.62. The number of hydrogen-bond donors (Lipinski definition) is 2. The first-order valence-corrected chi connectivity index (χ1v) is 5.24. The van der Waals surface area contributed by atoms with Crippen molar-refractivity contribution in [2.75, 3.05) is 13.1 Å². The minimum absolute atomic E-state index is 0.0238. The highest BCUT2D eigenvalue weighted by atomic mass is 35.5. The third kappa shape index (κ3) is 8.08. The van der Waals surface area contributed by atoms with Gasteiger partial charge in [-0.3, -0.25) is 4.79 Å². The van der Waals surface area contributed by atoms with Gasteiger partial charge in [-0.25, -0.2) is 0 Å². The molecule has 4 heteroatoms. The van der Waals surface area contributed by atoms with Gasteiger partial charge in [-0.2, -0.15) is 0 Å². The van der Waals surface area contributed by atoms with E-state index in [0.29, 0.717) is 30.5 Å². The van der Waals surface area contributed by atoms with Crippen molar-refractivity contribution in [3.05, 3.63) is 11.6 Å². The lowest BCUT2D eigenvalue weighted by atomic mass is 10.0. The topological polar surface area (TPSA) is 55.1 Å². The van der Waals surface area contributed by atoms with E-state index in [1.165, 1.54) is 0 Å². The molecule has 1 amide bonds. The molecule has 14 heavy (non-hydrogen) atoms. The zero-order valence-electron chi connectivity index (χ0n) is 8.68. The maximum atomic E-state index is 11.2. The van der Waals surface area contributed by atoms with E-state index in [4.69, 9.17) is 17.3 Å². The molecule has 0 aliphatic heterocycles. The Hall–Kier alpha value is -0.540. The van der Waals surface area contributed by atoms with Gasteiger partial charge < -0.3 is 11.1 Å². The highest BCUT2D eigenvalue weighted by molar-refractivity contribution is 6.29. The second-order valence-corrected chi connectivity index (χ2v) is 4.05. The Morgan fingerprint density at radius 3 is 2.71 bits per heavy atom. The molecule has 0 radical (unpaired) electrons. The van der Waals surface area contributed by atoms with Gasteiger partial charge in [0.25, 0.3) is 0 Å². The third-order valence-electron chi connectivity index (χ3n) is 2.00. The fourth-order valence-electron chi connectivity index (χ4n) is 1.09. The molecule has 0 aromatic carbocycles. The van der Waals surface area contributed by atoms with Crippen LogP contribution >= 0.6 is 11.6 Å². The highest BCUT2D eigenvalue weighted by Crippen LogP contribution is 2.08. The van der Waals surface area contributed by atoms with E-state index in [2.05, 4.69) is 18.8 Å². The number of carbonyl (C=O) groups excluding carboxylic acids is 1. The molecule has 0 rings (SSSR count). The lowest BCUT2D eigenvalue weighted by Crippen LogP contribution is -2.24. The molecule has 3 N–H and O–H groups in total.